The van der Waals surface area contributed by atoms with Crippen LogP contribution in [-0.4, -0.2) is 26.2 Å². The number of nitrogens with one attached hydrogen (secondary N) is 1. The molecule has 0 fully saturated rings. The normalized spacial score (nSPS) is 11.1. The smallest absolute Gasteiger partial charge is 0.228 e. The number of amides is 1. The molecular formula is C24H21ClN4O2. The number of anilines is 1. The van der Waals surface area contributed by atoms with Crippen molar-refractivity contribution < 1.29 is 9.59 Å². The summed E-state index contributed by atoms with van der Waals surface area (Å²) in [5, 5.41) is 4.22. The molecule has 1 N–H and O–H groups in total. The molecule has 0 bridgehead atoms. The number of hydrogen-bond acceptors (Lipinski definition) is 4. The zero-order valence-corrected chi connectivity index (χ0v) is 17.9. The highest BCUT2D eigenvalue weighted by molar-refractivity contribution is 6.30. The highest BCUT2D eigenvalue weighted by Gasteiger charge is 2.19. The van der Waals surface area contributed by atoms with Crippen molar-refractivity contribution in [2.45, 2.75) is 26.3 Å². The van der Waals surface area contributed by atoms with Crippen molar-refractivity contribution in [3.8, 4) is 0 Å². The number of carbonyl (C=O) groups is 2. The van der Waals surface area contributed by atoms with Gasteiger partial charge in [-0.05, 0) is 43.7 Å². The van der Waals surface area contributed by atoms with Crippen molar-refractivity contribution in [2.75, 3.05) is 5.32 Å². The Hall–Kier alpha value is -3.51. The van der Waals surface area contributed by atoms with Crippen LogP contribution in [0, 0.1) is 0 Å². The Morgan fingerprint density at radius 3 is 2.58 bits per heavy atom. The van der Waals surface area contributed by atoms with Crippen LogP contribution in [0.25, 0.3) is 10.9 Å². The minimum absolute atomic E-state index is 0.168. The molecule has 6 nitrogen and oxygen atoms in total. The maximum atomic E-state index is 13.3. The van der Waals surface area contributed by atoms with Gasteiger partial charge in [0.2, 0.25) is 5.91 Å². The summed E-state index contributed by atoms with van der Waals surface area (Å²) in [6.45, 7) is 4.12. The van der Waals surface area contributed by atoms with Crippen LogP contribution in [0.5, 0.6) is 0 Å². The molecule has 0 radical (unpaired) electrons. The Morgan fingerprint density at radius 1 is 1.06 bits per heavy atom. The minimum Gasteiger partial charge on any atom is -0.344 e. The monoisotopic (exact) mass is 432 g/mol. The van der Waals surface area contributed by atoms with E-state index in [4.69, 9.17) is 11.6 Å². The number of benzene rings is 1. The quantitative estimate of drug-likeness (QED) is 0.431. The first-order valence-electron chi connectivity index (χ1n) is 9.91. The van der Waals surface area contributed by atoms with E-state index in [2.05, 4.69) is 33.7 Å². The number of halogens is 1. The van der Waals surface area contributed by atoms with Crippen molar-refractivity contribution in [1.29, 1.82) is 0 Å². The predicted octanol–water partition coefficient (Wildman–Crippen LogP) is 5.08. The Balaban J connectivity index is 1.57. The third-order valence-corrected chi connectivity index (χ3v) is 5.25. The Morgan fingerprint density at radius 2 is 1.84 bits per heavy atom. The van der Waals surface area contributed by atoms with Crippen molar-refractivity contribution >= 4 is 39.9 Å². The van der Waals surface area contributed by atoms with E-state index < -0.39 is 0 Å². The molecule has 1 aromatic carbocycles. The third-order valence-electron chi connectivity index (χ3n) is 5.00. The minimum atomic E-state index is -0.200. The second-order valence-electron chi connectivity index (χ2n) is 7.58. The van der Waals surface area contributed by atoms with Gasteiger partial charge in [0.1, 0.15) is 0 Å². The highest BCUT2D eigenvalue weighted by atomic mass is 35.5. The molecule has 3 aromatic heterocycles. The lowest BCUT2D eigenvalue weighted by molar-refractivity contribution is -0.115. The largest absolute Gasteiger partial charge is 0.344 e. The van der Waals surface area contributed by atoms with Gasteiger partial charge in [-0.2, -0.15) is 0 Å². The van der Waals surface area contributed by atoms with Crippen molar-refractivity contribution in [3.05, 3.63) is 89.1 Å². The van der Waals surface area contributed by atoms with Crippen molar-refractivity contribution in [3.63, 3.8) is 0 Å². The maximum absolute atomic E-state index is 13.3. The molecule has 3 heterocycles. The average molecular weight is 433 g/mol. The molecule has 0 aliphatic rings. The highest BCUT2D eigenvalue weighted by Crippen LogP contribution is 2.26. The second-order valence-corrected chi connectivity index (χ2v) is 8.02. The first kappa shape index (κ1) is 20.8. The number of aromatic nitrogens is 3. The number of ketones is 1. The lowest BCUT2D eigenvalue weighted by atomic mass is 10.0. The summed E-state index contributed by atoms with van der Waals surface area (Å²) in [7, 11) is 0. The third kappa shape index (κ3) is 4.49. The second kappa shape index (κ2) is 8.70. The molecule has 156 valence electrons. The number of hydrogen-bond donors (Lipinski definition) is 1. The summed E-state index contributed by atoms with van der Waals surface area (Å²) in [5.74, 6) is -0.368. The van der Waals surface area contributed by atoms with Gasteiger partial charge >= 0.3 is 0 Å². The van der Waals surface area contributed by atoms with Gasteiger partial charge in [0.15, 0.2) is 5.78 Å². The predicted molar refractivity (Wildman–Crippen MR) is 122 cm³/mol. The standard InChI is InChI=1S/C24H21ClN4O2/c1-15(2)29-14-21(20-13-26-8-7-22(20)29)24(31)17-10-19(12-27-11-17)28-23(30)9-16-3-5-18(25)6-4-16/h3-8,10-15H,9H2,1-2H3,(H,28,30). The molecule has 0 aliphatic heterocycles. The summed E-state index contributed by atoms with van der Waals surface area (Å²) in [6.07, 6.45) is 8.50. The summed E-state index contributed by atoms with van der Waals surface area (Å²) in [4.78, 5) is 34.0. The van der Waals surface area contributed by atoms with E-state index in [0.717, 1.165) is 16.5 Å². The number of rotatable bonds is 6. The van der Waals surface area contributed by atoms with E-state index in [9.17, 15) is 9.59 Å². The average Bonchev–Trinajstić information content (AvgIpc) is 3.15. The number of carbonyl (C=O) groups excluding carboxylic acids is 2. The van der Waals surface area contributed by atoms with Crippen LogP contribution >= 0.6 is 11.6 Å². The van der Waals surface area contributed by atoms with Gasteiger partial charge in [0.05, 0.1) is 23.8 Å². The fraction of sp³-hybridized carbons (Fsp3) is 0.167. The lowest BCUT2D eigenvalue weighted by Crippen LogP contribution is -2.15. The summed E-state index contributed by atoms with van der Waals surface area (Å²) in [5.41, 5.74) is 3.22. The van der Waals surface area contributed by atoms with Gasteiger partial charge in [0.25, 0.3) is 0 Å². The van der Waals surface area contributed by atoms with Crippen LogP contribution in [0.4, 0.5) is 5.69 Å². The molecule has 1 amide bonds. The number of pyridine rings is 2. The first-order chi connectivity index (χ1) is 14.9. The van der Waals surface area contributed by atoms with Crippen molar-refractivity contribution in [2.24, 2.45) is 0 Å². The zero-order chi connectivity index (χ0) is 22.0. The van der Waals surface area contributed by atoms with Gasteiger partial charge in [-0.25, -0.2) is 0 Å². The zero-order valence-electron chi connectivity index (χ0n) is 17.2. The van der Waals surface area contributed by atoms with Gasteiger partial charge in [0, 0.05) is 52.4 Å². The summed E-state index contributed by atoms with van der Waals surface area (Å²) < 4.78 is 2.05. The topological polar surface area (TPSA) is 76.9 Å². The van der Waals surface area contributed by atoms with Gasteiger partial charge in [-0.1, -0.05) is 23.7 Å². The molecule has 4 aromatic rings. The van der Waals surface area contributed by atoms with E-state index in [1.165, 1.54) is 12.4 Å². The molecule has 0 saturated carbocycles. The van der Waals surface area contributed by atoms with Crippen LogP contribution in [0.2, 0.25) is 5.02 Å². The molecule has 0 aliphatic carbocycles. The van der Waals surface area contributed by atoms with E-state index in [1.54, 1.807) is 42.7 Å². The molecule has 7 heteroatoms. The first-order valence-corrected chi connectivity index (χ1v) is 10.3. The Bertz CT molecular complexity index is 1260. The number of fused-ring (bicyclic) bond motifs is 1. The van der Waals surface area contributed by atoms with Crippen LogP contribution in [-0.2, 0) is 11.2 Å². The van der Waals surface area contributed by atoms with Gasteiger partial charge in [-0.15, -0.1) is 0 Å². The van der Waals surface area contributed by atoms with Crippen molar-refractivity contribution in [1.82, 2.24) is 14.5 Å². The van der Waals surface area contributed by atoms with Crippen LogP contribution in [0.3, 0.4) is 0 Å². The number of nitrogens with zero attached hydrogens (tertiary/aromatic N) is 3. The van der Waals surface area contributed by atoms with E-state index >= 15 is 0 Å². The summed E-state index contributed by atoms with van der Waals surface area (Å²) in [6, 6.07) is 10.8. The summed E-state index contributed by atoms with van der Waals surface area (Å²) >= 11 is 5.88. The molecule has 0 atom stereocenters. The molecule has 0 unspecified atom stereocenters. The lowest BCUT2D eigenvalue weighted by Gasteiger charge is -2.08. The van der Waals surface area contributed by atoms with Gasteiger partial charge < -0.3 is 9.88 Å². The molecule has 4 rings (SSSR count). The van der Waals surface area contributed by atoms with Crippen LogP contribution < -0.4 is 5.32 Å². The molecular weight excluding hydrogens is 412 g/mol. The van der Waals surface area contributed by atoms with E-state index in [-0.39, 0.29) is 24.2 Å². The SMILES string of the molecule is CC(C)n1cc(C(=O)c2cncc(NC(=O)Cc3ccc(Cl)cc3)c2)c2cnccc21. The maximum Gasteiger partial charge on any atom is 0.228 e. The molecule has 31 heavy (non-hydrogen) atoms. The fourth-order valence-electron chi connectivity index (χ4n) is 3.49. The molecule has 0 saturated heterocycles. The van der Waals surface area contributed by atoms with Gasteiger partial charge in [-0.3, -0.25) is 19.6 Å². The fourth-order valence-corrected chi connectivity index (χ4v) is 3.61. The Kier molecular flexibility index (Phi) is 5.82. The Labute approximate surface area is 184 Å². The van der Waals surface area contributed by atoms with E-state index in [1.807, 2.05) is 12.3 Å². The van der Waals surface area contributed by atoms with E-state index in [0.29, 0.717) is 21.8 Å². The molecule has 0 spiro atoms. The van der Waals surface area contributed by atoms with Crippen LogP contribution in [0.1, 0.15) is 41.4 Å². The van der Waals surface area contributed by atoms with Crippen LogP contribution in [0.15, 0.2) is 67.4 Å².